The Kier molecular flexibility index (Phi) is 2.88. The number of ketones is 1. The van der Waals surface area contributed by atoms with Crippen LogP contribution in [0.2, 0.25) is 0 Å². The quantitative estimate of drug-likeness (QED) is 0.582. The summed E-state index contributed by atoms with van der Waals surface area (Å²) >= 11 is 6.53. The Morgan fingerprint density at radius 3 is 2.53 bits per heavy atom. The fraction of sp³-hybridized carbons (Fsp3) is 0.222. The highest BCUT2D eigenvalue weighted by atomic mass is 79.9. The molecule has 0 atom stereocenters. The predicted octanol–water partition coefficient (Wildman–Crippen LogP) is 1.91. The molecule has 0 spiro atoms. The van der Waals surface area contributed by atoms with E-state index in [0.717, 1.165) is 4.47 Å². The molecule has 0 radical (unpaired) electrons. The highest BCUT2D eigenvalue weighted by molar-refractivity contribution is 9.13. The number of carbonyl (C=O) groups excluding carboxylic acids is 2. The van der Waals surface area contributed by atoms with Gasteiger partial charge in [0, 0.05) is 0 Å². The molecule has 6 heteroatoms. The molecule has 78 valence electrons. The van der Waals surface area contributed by atoms with E-state index in [1.54, 1.807) is 12.1 Å². The minimum atomic E-state index is -0.193. The summed E-state index contributed by atoms with van der Waals surface area (Å²) in [5.74, 6) is 0.239. The van der Waals surface area contributed by atoms with Crippen molar-refractivity contribution in [3.63, 3.8) is 0 Å². The number of rotatable bonds is 1. The van der Waals surface area contributed by atoms with Crippen LogP contribution in [0.15, 0.2) is 21.2 Å². The highest BCUT2D eigenvalue weighted by Gasteiger charge is 2.29. The van der Waals surface area contributed by atoms with Gasteiger partial charge in [-0.15, -0.1) is 0 Å². The molecule has 1 amide bonds. The number of amides is 1. The molecular weight excluding hydrogens is 328 g/mol. The van der Waals surface area contributed by atoms with Gasteiger partial charge in [-0.2, -0.15) is 0 Å². The highest BCUT2D eigenvalue weighted by Crippen LogP contribution is 2.25. The van der Waals surface area contributed by atoms with Crippen LogP contribution in [-0.2, 0) is 9.59 Å². The fourth-order valence-electron chi connectivity index (χ4n) is 1.35. The Labute approximate surface area is 103 Å². The Bertz CT molecular complexity index is 448. The molecule has 0 aliphatic carbocycles. The molecule has 1 fully saturated rings. The van der Waals surface area contributed by atoms with Crippen molar-refractivity contribution in [2.75, 3.05) is 11.4 Å². The summed E-state index contributed by atoms with van der Waals surface area (Å²) < 4.78 is 1.43. The maximum absolute atomic E-state index is 11.4. The number of Topliss-reactive ketones (excluding diaryl/α,β-unsaturated/α-hetero) is 1. The normalized spacial score (nSPS) is 16.3. The lowest BCUT2D eigenvalue weighted by Gasteiger charge is -2.13. The van der Waals surface area contributed by atoms with Gasteiger partial charge in [0.05, 0.1) is 17.4 Å². The Balaban J connectivity index is 2.34. The van der Waals surface area contributed by atoms with E-state index in [9.17, 15) is 9.59 Å². The zero-order valence-electron chi connectivity index (χ0n) is 7.54. The molecule has 0 bridgehead atoms. The monoisotopic (exact) mass is 332 g/mol. The van der Waals surface area contributed by atoms with Crippen molar-refractivity contribution in [2.24, 2.45) is 0 Å². The molecule has 15 heavy (non-hydrogen) atoms. The standard InChI is InChI=1S/C9H6Br2N2O2/c10-6-1-2-7(12-9(6)11)13-4-5(14)3-8(13)15/h1-2H,3-4H2. The van der Waals surface area contributed by atoms with E-state index in [1.807, 2.05) is 0 Å². The van der Waals surface area contributed by atoms with Crippen molar-refractivity contribution < 1.29 is 9.59 Å². The van der Waals surface area contributed by atoms with Gasteiger partial charge in [-0.1, -0.05) is 0 Å². The van der Waals surface area contributed by atoms with Crippen LogP contribution in [0.4, 0.5) is 5.82 Å². The van der Waals surface area contributed by atoms with Crippen LogP contribution < -0.4 is 4.90 Å². The SMILES string of the molecule is O=C1CC(=O)N(c2ccc(Br)c(Br)n2)C1. The summed E-state index contributed by atoms with van der Waals surface area (Å²) in [7, 11) is 0. The first-order chi connectivity index (χ1) is 7.08. The van der Waals surface area contributed by atoms with Crippen LogP contribution >= 0.6 is 31.9 Å². The molecule has 1 aromatic heterocycles. The van der Waals surface area contributed by atoms with Crippen molar-refractivity contribution >= 4 is 49.4 Å². The fourth-order valence-corrected chi connectivity index (χ4v) is 1.89. The molecule has 1 aliphatic heterocycles. The molecule has 1 aliphatic rings. The van der Waals surface area contributed by atoms with Crippen molar-refractivity contribution in [2.45, 2.75) is 6.42 Å². The van der Waals surface area contributed by atoms with Gasteiger partial charge in [0.1, 0.15) is 10.4 Å². The van der Waals surface area contributed by atoms with E-state index >= 15 is 0 Å². The van der Waals surface area contributed by atoms with E-state index < -0.39 is 0 Å². The van der Waals surface area contributed by atoms with Crippen LogP contribution in [0.1, 0.15) is 6.42 Å². The summed E-state index contributed by atoms with van der Waals surface area (Å²) in [5.41, 5.74) is 0. The van der Waals surface area contributed by atoms with Crippen molar-refractivity contribution in [3.8, 4) is 0 Å². The zero-order chi connectivity index (χ0) is 11.0. The minimum Gasteiger partial charge on any atom is -0.297 e. The molecule has 0 saturated carbocycles. The zero-order valence-corrected chi connectivity index (χ0v) is 10.7. The van der Waals surface area contributed by atoms with Gasteiger partial charge in [0.2, 0.25) is 5.91 Å². The summed E-state index contributed by atoms with van der Waals surface area (Å²) in [6.07, 6.45) is -0.0185. The number of aromatic nitrogens is 1. The average Bonchev–Trinajstić information content (AvgIpc) is 2.50. The topological polar surface area (TPSA) is 50.3 Å². The van der Waals surface area contributed by atoms with Crippen LogP contribution in [0.3, 0.4) is 0 Å². The van der Waals surface area contributed by atoms with E-state index in [0.29, 0.717) is 10.4 Å². The first-order valence-corrected chi connectivity index (χ1v) is 5.80. The number of halogens is 2. The number of hydrogen-bond acceptors (Lipinski definition) is 3. The Morgan fingerprint density at radius 2 is 2.00 bits per heavy atom. The molecular formula is C9H6Br2N2O2. The maximum Gasteiger partial charge on any atom is 0.236 e. The third kappa shape index (κ3) is 2.10. The number of pyridine rings is 1. The third-order valence-corrected chi connectivity index (χ3v) is 3.83. The van der Waals surface area contributed by atoms with Gasteiger partial charge in [0.25, 0.3) is 0 Å². The largest absolute Gasteiger partial charge is 0.297 e. The first-order valence-electron chi connectivity index (χ1n) is 4.22. The minimum absolute atomic E-state index is 0.0185. The van der Waals surface area contributed by atoms with Crippen LogP contribution in [0.5, 0.6) is 0 Å². The van der Waals surface area contributed by atoms with Crippen molar-refractivity contribution in [3.05, 3.63) is 21.2 Å². The van der Waals surface area contributed by atoms with E-state index in [-0.39, 0.29) is 24.7 Å². The molecule has 4 nitrogen and oxygen atoms in total. The lowest BCUT2D eigenvalue weighted by atomic mass is 10.3. The molecule has 0 aromatic carbocycles. The molecule has 1 aromatic rings. The van der Waals surface area contributed by atoms with Gasteiger partial charge in [0.15, 0.2) is 5.78 Å². The second-order valence-electron chi connectivity index (χ2n) is 3.14. The molecule has 2 rings (SSSR count). The summed E-state index contributed by atoms with van der Waals surface area (Å²) in [6, 6.07) is 3.48. The van der Waals surface area contributed by atoms with E-state index in [2.05, 4.69) is 36.8 Å². The van der Waals surface area contributed by atoms with Crippen molar-refractivity contribution in [1.29, 1.82) is 0 Å². The lowest BCUT2D eigenvalue weighted by molar-refractivity contribution is -0.121. The van der Waals surface area contributed by atoms with Gasteiger partial charge in [-0.3, -0.25) is 14.5 Å². The Hall–Kier alpha value is -0.750. The van der Waals surface area contributed by atoms with Gasteiger partial charge >= 0.3 is 0 Å². The molecule has 1 saturated heterocycles. The van der Waals surface area contributed by atoms with Crippen LogP contribution in [0.25, 0.3) is 0 Å². The van der Waals surface area contributed by atoms with Crippen LogP contribution in [0, 0.1) is 0 Å². The van der Waals surface area contributed by atoms with Gasteiger partial charge in [-0.25, -0.2) is 4.98 Å². The number of carbonyl (C=O) groups is 2. The number of nitrogens with zero attached hydrogens (tertiary/aromatic N) is 2. The van der Waals surface area contributed by atoms with E-state index in [4.69, 9.17) is 0 Å². The average molecular weight is 334 g/mol. The number of hydrogen-bond donors (Lipinski definition) is 0. The maximum atomic E-state index is 11.4. The van der Waals surface area contributed by atoms with Crippen molar-refractivity contribution in [1.82, 2.24) is 4.98 Å². The summed E-state index contributed by atoms with van der Waals surface area (Å²) in [6.45, 7) is 0.125. The predicted molar refractivity (Wildman–Crippen MR) is 61.6 cm³/mol. The van der Waals surface area contributed by atoms with E-state index in [1.165, 1.54) is 4.90 Å². The summed E-state index contributed by atoms with van der Waals surface area (Å²) in [5, 5.41) is 0. The molecule has 0 N–H and O–H groups in total. The van der Waals surface area contributed by atoms with Gasteiger partial charge < -0.3 is 0 Å². The lowest BCUT2D eigenvalue weighted by Crippen LogP contribution is -2.25. The third-order valence-electron chi connectivity index (χ3n) is 2.05. The summed E-state index contributed by atoms with van der Waals surface area (Å²) in [4.78, 5) is 28.0. The second kappa shape index (κ2) is 4.02. The smallest absolute Gasteiger partial charge is 0.236 e. The first kappa shape index (κ1) is 10.8. The molecule has 2 heterocycles. The Morgan fingerprint density at radius 1 is 1.27 bits per heavy atom. The number of anilines is 1. The van der Waals surface area contributed by atoms with Crippen LogP contribution in [-0.4, -0.2) is 23.2 Å². The van der Waals surface area contributed by atoms with Gasteiger partial charge in [-0.05, 0) is 44.0 Å². The second-order valence-corrected chi connectivity index (χ2v) is 4.74. The molecule has 0 unspecified atom stereocenters.